The van der Waals surface area contributed by atoms with E-state index in [-0.39, 0.29) is 0 Å². The Hall–Kier alpha value is -4.14. The number of para-hydroxylation sites is 1. The number of hydrogen-bond donors (Lipinski definition) is 0. The molecule has 1 aromatic heterocycles. The summed E-state index contributed by atoms with van der Waals surface area (Å²) in [5, 5.41) is 10.4. The van der Waals surface area contributed by atoms with E-state index in [1.807, 2.05) is 0 Å². The van der Waals surface area contributed by atoms with E-state index in [0.717, 1.165) is 4.47 Å². The zero-order valence-electron chi connectivity index (χ0n) is 19.4. The van der Waals surface area contributed by atoms with Crippen LogP contribution in [-0.2, 0) is 0 Å². The van der Waals surface area contributed by atoms with Crippen LogP contribution < -0.4 is 0 Å². The molecule has 0 spiro atoms. The van der Waals surface area contributed by atoms with Gasteiger partial charge in [-0.2, -0.15) is 0 Å². The molecule has 8 aromatic rings. The van der Waals surface area contributed by atoms with Gasteiger partial charge in [0, 0.05) is 20.9 Å². The van der Waals surface area contributed by atoms with Crippen molar-refractivity contribution < 1.29 is 0 Å². The summed E-state index contributed by atoms with van der Waals surface area (Å²) in [6, 6.07) is 44.4. The Kier molecular flexibility index (Phi) is 4.15. The van der Waals surface area contributed by atoms with Crippen LogP contribution in [0.4, 0.5) is 0 Å². The van der Waals surface area contributed by atoms with Gasteiger partial charge in [0.25, 0.3) is 0 Å². The van der Waals surface area contributed by atoms with Crippen LogP contribution in [0.15, 0.2) is 126 Å². The molecule has 0 fully saturated rings. The second kappa shape index (κ2) is 7.43. The first-order chi connectivity index (χ1) is 17.8. The van der Waals surface area contributed by atoms with Crippen molar-refractivity contribution in [1.82, 2.24) is 4.57 Å². The third kappa shape index (κ3) is 2.76. The molecule has 0 saturated carbocycles. The van der Waals surface area contributed by atoms with E-state index in [1.54, 1.807) is 0 Å². The van der Waals surface area contributed by atoms with Crippen LogP contribution in [0.3, 0.4) is 0 Å². The minimum Gasteiger partial charge on any atom is -0.309 e. The molecule has 36 heavy (non-hydrogen) atoms. The molecule has 0 saturated heterocycles. The Labute approximate surface area is 216 Å². The normalized spacial score (nSPS) is 12.0. The number of benzene rings is 7. The molecule has 2 heteroatoms. The Balaban J connectivity index is 1.47. The highest BCUT2D eigenvalue weighted by molar-refractivity contribution is 9.10. The van der Waals surface area contributed by atoms with Crippen molar-refractivity contribution in [1.29, 1.82) is 0 Å². The highest BCUT2D eigenvalue weighted by Gasteiger charge is 2.16. The molecule has 7 aromatic carbocycles. The van der Waals surface area contributed by atoms with Gasteiger partial charge in [0.2, 0.25) is 0 Å². The first-order valence-corrected chi connectivity index (χ1v) is 13.0. The maximum atomic E-state index is 3.68. The predicted molar refractivity (Wildman–Crippen MR) is 158 cm³/mol. The highest BCUT2D eigenvalue weighted by Crippen LogP contribution is 2.41. The molecular formula is C34H20BrN. The first kappa shape index (κ1) is 20.1. The average Bonchev–Trinajstić information content (AvgIpc) is 3.25. The topological polar surface area (TPSA) is 4.93 Å². The molecular weight excluding hydrogens is 502 g/mol. The summed E-state index contributed by atoms with van der Waals surface area (Å²) < 4.78 is 3.48. The van der Waals surface area contributed by atoms with Crippen molar-refractivity contribution in [2.24, 2.45) is 0 Å². The molecule has 0 amide bonds. The quantitative estimate of drug-likeness (QED) is 0.199. The van der Waals surface area contributed by atoms with Crippen LogP contribution >= 0.6 is 15.9 Å². The average molecular weight is 522 g/mol. The van der Waals surface area contributed by atoms with Crippen molar-refractivity contribution in [3.63, 3.8) is 0 Å². The largest absolute Gasteiger partial charge is 0.309 e. The van der Waals surface area contributed by atoms with Gasteiger partial charge >= 0.3 is 0 Å². The fourth-order valence-corrected chi connectivity index (χ4v) is 6.36. The monoisotopic (exact) mass is 521 g/mol. The van der Waals surface area contributed by atoms with Gasteiger partial charge in [0.1, 0.15) is 0 Å². The van der Waals surface area contributed by atoms with Crippen LogP contribution in [0.2, 0.25) is 0 Å². The van der Waals surface area contributed by atoms with E-state index in [2.05, 4.69) is 142 Å². The van der Waals surface area contributed by atoms with E-state index < -0.39 is 0 Å². The summed E-state index contributed by atoms with van der Waals surface area (Å²) in [5.74, 6) is 0. The van der Waals surface area contributed by atoms with Gasteiger partial charge in [-0.1, -0.05) is 101 Å². The summed E-state index contributed by atoms with van der Waals surface area (Å²) in [6.07, 6.45) is 0. The predicted octanol–water partition coefficient (Wildman–Crippen LogP) is 10.1. The van der Waals surface area contributed by atoms with Gasteiger partial charge in [0.15, 0.2) is 0 Å². The molecule has 0 atom stereocenters. The van der Waals surface area contributed by atoms with Gasteiger partial charge in [-0.15, -0.1) is 0 Å². The summed E-state index contributed by atoms with van der Waals surface area (Å²) >= 11 is 3.68. The zero-order valence-corrected chi connectivity index (χ0v) is 21.0. The lowest BCUT2D eigenvalue weighted by atomic mass is 9.90. The Morgan fingerprint density at radius 3 is 2.03 bits per heavy atom. The molecule has 1 heterocycles. The molecule has 0 aliphatic rings. The molecule has 0 aliphatic carbocycles. The van der Waals surface area contributed by atoms with Gasteiger partial charge in [-0.05, 0) is 79.8 Å². The lowest BCUT2D eigenvalue weighted by Gasteiger charge is -2.14. The Bertz CT molecular complexity index is 2080. The third-order valence-corrected chi connectivity index (χ3v) is 8.08. The second-order valence-electron chi connectivity index (χ2n) is 9.53. The van der Waals surface area contributed by atoms with E-state index in [1.165, 1.54) is 70.9 Å². The standard InChI is InChI=1S/C34H20BrN/c35-25-14-18-31-30(20-25)28-16-13-24(19-32(28)36(31)26-7-2-1-3-8-26)27-15-11-23-10-9-21-5-4-6-22-12-17-29(27)34(23)33(21)22/h1-20H. The minimum absolute atomic E-state index is 1.10. The van der Waals surface area contributed by atoms with Gasteiger partial charge in [-0.25, -0.2) is 0 Å². The number of nitrogens with zero attached hydrogens (tertiary/aromatic N) is 1. The number of hydrogen-bond acceptors (Lipinski definition) is 0. The van der Waals surface area contributed by atoms with Crippen LogP contribution in [0, 0.1) is 0 Å². The van der Waals surface area contributed by atoms with Crippen molar-refractivity contribution in [2.75, 3.05) is 0 Å². The molecule has 0 unspecified atom stereocenters. The number of halogens is 1. The summed E-state index contributed by atoms with van der Waals surface area (Å²) in [6.45, 7) is 0. The smallest absolute Gasteiger partial charge is 0.0547 e. The van der Waals surface area contributed by atoms with Gasteiger partial charge in [-0.3, -0.25) is 0 Å². The second-order valence-corrected chi connectivity index (χ2v) is 10.4. The van der Waals surface area contributed by atoms with E-state index in [4.69, 9.17) is 0 Å². The summed E-state index contributed by atoms with van der Waals surface area (Å²) in [4.78, 5) is 0. The van der Waals surface area contributed by atoms with E-state index in [0.29, 0.717) is 0 Å². The lowest BCUT2D eigenvalue weighted by molar-refractivity contribution is 1.18. The molecule has 0 N–H and O–H groups in total. The van der Waals surface area contributed by atoms with Crippen molar-refractivity contribution in [2.45, 2.75) is 0 Å². The SMILES string of the molecule is Brc1ccc2c(c1)c1ccc(-c3ccc4ccc5cccc6ccc3c4c56)cc1n2-c1ccccc1. The number of aromatic nitrogens is 1. The van der Waals surface area contributed by atoms with E-state index in [9.17, 15) is 0 Å². The maximum absolute atomic E-state index is 3.68. The number of rotatable bonds is 2. The fraction of sp³-hybridized carbons (Fsp3) is 0. The van der Waals surface area contributed by atoms with Crippen LogP contribution in [0.5, 0.6) is 0 Å². The maximum Gasteiger partial charge on any atom is 0.0547 e. The number of fused-ring (bicyclic) bond motifs is 3. The Morgan fingerprint density at radius 2 is 1.19 bits per heavy atom. The van der Waals surface area contributed by atoms with Gasteiger partial charge in [0.05, 0.1) is 11.0 Å². The van der Waals surface area contributed by atoms with Crippen LogP contribution in [-0.4, -0.2) is 4.57 Å². The van der Waals surface area contributed by atoms with E-state index >= 15 is 0 Å². The van der Waals surface area contributed by atoms with Crippen LogP contribution in [0.1, 0.15) is 0 Å². The minimum atomic E-state index is 1.10. The van der Waals surface area contributed by atoms with Crippen molar-refractivity contribution >= 4 is 70.1 Å². The zero-order chi connectivity index (χ0) is 23.8. The van der Waals surface area contributed by atoms with Crippen molar-refractivity contribution in [3.05, 3.63) is 126 Å². The molecule has 0 radical (unpaired) electrons. The molecule has 8 rings (SSSR count). The van der Waals surface area contributed by atoms with Gasteiger partial charge < -0.3 is 4.57 Å². The molecule has 1 nitrogen and oxygen atoms in total. The molecule has 168 valence electrons. The van der Waals surface area contributed by atoms with Crippen molar-refractivity contribution in [3.8, 4) is 16.8 Å². The van der Waals surface area contributed by atoms with Crippen LogP contribution in [0.25, 0.3) is 70.9 Å². The Morgan fingerprint density at radius 1 is 0.472 bits per heavy atom. The lowest BCUT2D eigenvalue weighted by Crippen LogP contribution is -1.93. The first-order valence-electron chi connectivity index (χ1n) is 12.2. The third-order valence-electron chi connectivity index (χ3n) is 7.58. The fourth-order valence-electron chi connectivity index (χ4n) is 6.00. The molecule has 0 bridgehead atoms. The molecule has 0 aliphatic heterocycles. The summed E-state index contributed by atoms with van der Waals surface area (Å²) in [7, 11) is 0. The highest BCUT2D eigenvalue weighted by atomic mass is 79.9. The summed E-state index contributed by atoms with van der Waals surface area (Å²) in [5.41, 5.74) is 6.12.